The van der Waals surface area contributed by atoms with Crippen molar-refractivity contribution in [3.8, 4) is 0 Å². The first-order valence-electron chi connectivity index (χ1n) is 5.38. The molecule has 1 atom stereocenters. The lowest BCUT2D eigenvalue weighted by atomic mass is 10.3. The highest BCUT2D eigenvalue weighted by Gasteiger charge is 2.12. The summed E-state index contributed by atoms with van der Waals surface area (Å²) in [5.41, 5.74) is 1.19. The number of likely N-dealkylation sites (N-methyl/N-ethyl adjacent to an activating group) is 1. The van der Waals surface area contributed by atoms with Crippen molar-refractivity contribution in [2.45, 2.75) is 39.4 Å². The van der Waals surface area contributed by atoms with Gasteiger partial charge in [0.2, 0.25) is 0 Å². The van der Waals surface area contributed by atoms with E-state index in [0.29, 0.717) is 6.04 Å². The van der Waals surface area contributed by atoms with Crippen molar-refractivity contribution in [2.75, 3.05) is 13.7 Å². The standard InChI is InChI=1S/C11H21N3O/c1-9(2)14-8-12-5-11(14)6-13(4)10(3)7-15/h5,8-10,15H,6-7H2,1-4H3. The molecule has 1 aromatic rings. The second-order valence-corrected chi connectivity index (χ2v) is 4.33. The topological polar surface area (TPSA) is 41.3 Å². The summed E-state index contributed by atoms with van der Waals surface area (Å²) in [4.78, 5) is 6.28. The van der Waals surface area contributed by atoms with E-state index in [1.54, 1.807) is 0 Å². The quantitative estimate of drug-likeness (QED) is 0.797. The van der Waals surface area contributed by atoms with Crippen LogP contribution in [0.5, 0.6) is 0 Å². The van der Waals surface area contributed by atoms with E-state index in [-0.39, 0.29) is 12.6 Å². The summed E-state index contributed by atoms with van der Waals surface area (Å²) in [6, 6.07) is 0.612. The molecule has 0 radical (unpaired) electrons. The smallest absolute Gasteiger partial charge is 0.0951 e. The molecule has 1 rings (SSSR count). The van der Waals surface area contributed by atoms with Crippen molar-refractivity contribution in [3.05, 3.63) is 18.2 Å². The first kappa shape index (κ1) is 12.2. The summed E-state index contributed by atoms with van der Waals surface area (Å²) in [6.07, 6.45) is 3.75. The maximum atomic E-state index is 9.05. The summed E-state index contributed by atoms with van der Waals surface area (Å²) in [5, 5.41) is 9.05. The van der Waals surface area contributed by atoms with Crippen molar-refractivity contribution in [3.63, 3.8) is 0 Å². The Kier molecular flexibility index (Phi) is 4.29. The molecule has 0 saturated heterocycles. The van der Waals surface area contributed by atoms with E-state index in [9.17, 15) is 0 Å². The molecule has 0 spiro atoms. The van der Waals surface area contributed by atoms with Crippen molar-refractivity contribution < 1.29 is 5.11 Å². The predicted octanol–water partition coefficient (Wildman–Crippen LogP) is 1.28. The fourth-order valence-electron chi connectivity index (χ4n) is 1.47. The number of imidazole rings is 1. The number of hydrogen-bond donors (Lipinski definition) is 1. The fraction of sp³-hybridized carbons (Fsp3) is 0.727. The van der Waals surface area contributed by atoms with E-state index in [4.69, 9.17) is 5.11 Å². The molecule has 0 aliphatic carbocycles. The van der Waals surface area contributed by atoms with Gasteiger partial charge >= 0.3 is 0 Å². The van der Waals surface area contributed by atoms with Gasteiger partial charge in [-0.15, -0.1) is 0 Å². The minimum Gasteiger partial charge on any atom is -0.395 e. The average Bonchev–Trinajstić information content (AvgIpc) is 2.64. The zero-order valence-corrected chi connectivity index (χ0v) is 10.0. The first-order chi connectivity index (χ1) is 7.06. The molecule has 1 N–H and O–H groups in total. The third-order valence-corrected chi connectivity index (χ3v) is 2.73. The minimum absolute atomic E-state index is 0.181. The monoisotopic (exact) mass is 211 g/mol. The maximum Gasteiger partial charge on any atom is 0.0951 e. The molecule has 0 saturated carbocycles. The third kappa shape index (κ3) is 3.04. The first-order valence-corrected chi connectivity index (χ1v) is 5.38. The van der Waals surface area contributed by atoms with Crippen LogP contribution < -0.4 is 0 Å². The molecule has 86 valence electrons. The molecule has 1 heterocycles. The lowest BCUT2D eigenvalue weighted by molar-refractivity contribution is 0.151. The van der Waals surface area contributed by atoms with Crippen LogP contribution in [0.4, 0.5) is 0 Å². The molecule has 4 heteroatoms. The van der Waals surface area contributed by atoms with Crippen LogP contribution in [0, 0.1) is 0 Å². The zero-order valence-electron chi connectivity index (χ0n) is 10.0. The Labute approximate surface area is 91.5 Å². The van der Waals surface area contributed by atoms with Crippen LogP contribution in [0.25, 0.3) is 0 Å². The average molecular weight is 211 g/mol. The number of aliphatic hydroxyl groups is 1. The highest BCUT2D eigenvalue weighted by atomic mass is 16.3. The largest absolute Gasteiger partial charge is 0.395 e. The number of nitrogens with zero attached hydrogens (tertiary/aromatic N) is 3. The Morgan fingerprint density at radius 3 is 2.67 bits per heavy atom. The molecular formula is C11H21N3O. The van der Waals surface area contributed by atoms with Gasteiger partial charge in [0.1, 0.15) is 0 Å². The van der Waals surface area contributed by atoms with Gasteiger partial charge in [0, 0.05) is 24.8 Å². The summed E-state index contributed by atoms with van der Waals surface area (Å²) in [5.74, 6) is 0. The van der Waals surface area contributed by atoms with E-state index in [2.05, 4.69) is 28.3 Å². The van der Waals surface area contributed by atoms with E-state index in [1.807, 2.05) is 26.5 Å². The van der Waals surface area contributed by atoms with Gasteiger partial charge in [-0.25, -0.2) is 4.98 Å². The second kappa shape index (κ2) is 5.28. The Morgan fingerprint density at radius 2 is 2.13 bits per heavy atom. The summed E-state index contributed by atoms with van der Waals surface area (Å²) in [6.45, 7) is 7.30. The lowest BCUT2D eigenvalue weighted by Gasteiger charge is -2.23. The van der Waals surface area contributed by atoms with Crippen LogP contribution in [0.3, 0.4) is 0 Å². The predicted molar refractivity (Wildman–Crippen MR) is 60.6 cm³/mol. The van der Waals surface area contributed by atoms with Gasteiger partial charge in [-0.1, -0.05) is 0 Å². The highest BCUT2D eigenvalue weighted by Crippen LogP contribution is 2.11. The normalized spacial score (nSPS) is 13.8. The molecule has 0 fully saturated rings. The molecule has 15 heavy (non-hydrogen) atoms. The van der Waals surface area contributed by atoms with E-state index < -0.39 is 0 Å². The van der Waals surface area contributed by atoms with Crippen LogP contribution in [0.1, 0.15) is 32.5 Å². The van der Waals surface area contributed by atoms with Crippen LogP contribution in [0.2, 0.25) is 0 Å². The summed E-state index contributed by atoms with van der Waals surface area (Å²) >= 11 is 0. The van der Waals surface area contributed by atoms with Crippen LogP contribution in [-0.4, -0.2) is 39.3 Å². The van der Waals surface area contributed by atoms with Gasteiger partial charge in [0.05, 0.1) is 18.6 Å². The van der Waals surface area contributed by atoms with Gasteiger partial charge in [0.15, 0.2) is 0 Å². The number of aromatic nitrogens is 2. The van der Waals surface area contributed by atoms with E-state index in [1.165, 1.54) is 5.69 Å². The Balaban J connectivity index is 2.67. The van der Waals surface area contributed by atoms with E-state index in [0.717, 1.165) is 6.54 Å². The molecule has 1 aromatic heterocycles. The molecule has 0 aromatic carbocycles. The Hall–Kier alpha value is -0.870. The van der Waals surface area contributed by atoms with Gasteiger partial charge in [0.25, 0.3) is 0 Å². The SMILES string of the molecule is CC(CO)N(C)Cc1cncn1C(C)C. The lowest BCUT2D eigenvalue weighted by Crippen LogP contribution is -2.32. The number of hydrogen-bond acceptors (Lipinski definition) is 3. The third-order valence-electron chi connectivity index (χ3n) is 2.73. The minimum atomic E-state index is 0.181. The number of rotatable bonds is 5. The number of aliphatic hydroxyl groups excluding tert-OH is 1. The summed E-state index contributed by atoms with van der Waals surface area (Å²) in [7, 11) is 2.01. The highest BCUT2D eigenvalue weighted by molar-refractivity contribution is 4.99. The molecule has 0 aliphatic rings. The Morgan fingerprint density at radius 1 is 1.47 bits per heavy atom. The van der Waals surface area contributed by atoms with Gasteiger partial charge in [-0.05, 0) is 27.8 Å². The molecular weight excluding hydrogens is 190 g/mol. The van der Waals surface area contributed by atoms with Crippen LogP contribution >= 0.6 is 0 Å². The molecule has 4 nitrogen and oxygen atoms in total. The second-order valence-electron chi connectivity index (χ2n) is 4.33. The van der Waals surface area contributed by atoms with Gasteiger partial charge < -0.3 is 9.67 Å². The molecule has 0 amide bonds. The Bertz CT molecular complexity index is 296. The van der Waals surface area contributed by atoms with Crippen LogP contribution in [-0.2, 0) is 6.54 Å². The molecule has 0 bridgehead atoms. The molecule has 1 unspecified atom stereocenters. The van der Waals surface area contributed by atoms with Gasteiger partial charge in [-0.3, -0.25) is 4.90 Å². The van der Waals surface area contributed by atoms with E-state index >= 15 is 0 Å². The van der Waals surface area contributed by atoms with Crippen molar-refractivity contribution in [2.24, 2.45) is 0 Å². The fourth-order valence-corrected chi connectivity index (χ4v) is 1.47. The van der Waals surface area contributed by atoms with Crippen LogP contribution in [0.15, 0.2) is 12.5 Å². The van der Waals surface area contributed by atoms with Crippen molar-refractivity contribution in [1.29, 1.82) is 0 Å². The van der Waals surface area contributed by atoms with Crippen molar-refractivity contribution in [1.82, 2.24) is 14.5 Å². The zero-order chi connectivity index (χ0) is 11.4. The summed E-state index contributed by atoms with van der Waals surface area (Å²) < 4.78 is 2.15. The molecule has 0 aliphatic heterocycles. The van der Waals surface area contributed by atoms with Crippen molar-refractivity contribution >= 4 is 0 Å². The van der Waals surface area contributed by atoms with Gasteiger partial charge in [-0.2, -0.15) is 0 Å². The maximum absolute atomic E-state index is 9.05.